The number of hydrogen-bond acceptors (Lipinski definition) is 3. The van der Waals surface area contributed by atoms with Crippen LogP contribution in [0.15, 0.2) is 23.1 Å². The number of anilines is 1. The van der Waals surface area contributed by atoms with Crippen molar-refractivity contribution in [2.45, 2.75) is 0 Å². The van der Waals surface area contributed by atoms with Gasteiger partial charge in [0, 0.05) is 6.07 Å². The molecule has 0 unspecified atom stereocenters. The molecule has 0 aliphatic carbocycles. The van der Waals surface area contributed by atoms with Crippen LogP contribution in [-0.4, -0.2) is 14.6 Å². The Morgan fingerprint density at radius 2 is 2.45 bits per heavy atom. The van der Waals surface area contributed by atoms with Gasteiger partial charge in [-0.1, -0.05) is 0 Å². The molecule has 3 N–H and O–H groups in total. The molecule has 2 aromatic heterocycles. The molecule has 0 fully saturated rings. The lowest BCUT2D eigenvalue weighted by molar-refractivity contribution is 0.871. The van der Waals surface area contributed by atoms with Crippen LogP contribution in [0, 0.1) is 0 Å². The minimum Gasteiger partial charge on any atom is -0.385 e. The Bertz CT molecular complexity index is 441. The second-order valence-electron chi connectivity index (χ2n) is 2.20. The molecule has 0 bridgehead atoms. The minimum absolute atomic E-state index is 0.315. The van der Waals surface area contributed by atoms with E-state index in [-0.39, 0.29) is 5.69 Å². The fourth-order valence-corrected chi connectivity index (χ4v) is 0.964. The van der Waals surface area contributed by atoms with Crippen LogP contribution in [0.5, 0.6) is 0 Å². The van der Waals surface area contributed by atoms with Gasteiger partial charge in [0.2, 0.25) is 0 Å². The highest BCUT2D eigenvalue weighted by molar-refractivity contribution is 5.51. The zero-order chi connectivity index (χ0) is 7.84. The van der Waals surface area contributed by atoms with E-state index in [0.29, 0.717) is 11.3 Å². The van der Waals surface area contributed by atoms with Crippen molar-refractivity contribution >= 4 is 11.3 Å². The molecule has 2 rings (SSSR count). The SMILES string of the molecule is Nc1cc2ccnn2c(=O)[nH]1. The first-order valence-electron chi connectivity index (χ1n) is 3.10. The summed E-state index contributed by atoms with van der Waals surface area (Å²) in [5.74, 6) is 0.350. The maximum Gasteiger partial charge on any atom is 0.348 e. The van der Waals surface area contributed by atoms with Crippen molar-refractivity contribution in [2.75, 3.05) is 5.73 Å². The second-order valence-corrected chi connectivity index (χ2v) is 2.20. The third-order valence-electron chi connectivity index (χ3n) is 1.42. The Labute approximate surface area is 61.5 Å². The van der Waals surface area contributed by atoms with E-state index in [1.807, 2.05) is 0 Å². The molecule has 0 aliphatic rings. The van der Waals surface area contributed by atoms with Gasteiger partial charge in [-0.2, -0.15) is 9.61 Å². The van der Waals surface area contributed by atoms with E-state index in [1.54, 1.807) is 18.3 Å². The van der Waals surface area contributed by atoms with Gasteiger partial charge in [-0.25, -0.2) is 4.79 Å². The summed E-state index contributed by atoms with van der Waals surface area (Å²) >= 11 is 0. The van der Waals surface area contributed by atoms with E-state index >= 15 is 0 Å². The summed E-state index contributed by atoms with van der Waals surface area (Å²) in [6, 6.07) is 3.36. The zero-order valence-electron chi connectivity index (χ0n) is 5.61. The number of aromatic amines is 1. The lowest BCUT2D eigenvalue weighted by Gasteiger charge is -1.92. The third kappa shape index (κ3) is 0.778. The van der Waals surface area contributed by atoms with Crippen LogP contribution in [0.4, 0.5) is 5.82 Å². The Balaban J connectivity index is 3.02. The van der Waals surface area contributed by atoms with Crippen molar-refractivity contribution in [3.8, 4) is 0 Å². The average molecular weight is 150 g/mol. The molecule has 0 atom stereocenters. The van der Waals surface area contributed by atoms with Crippen LogP contribution in [0.1, 0.15) is 0 Å². The summed E-state index contributed by atoms with van der Waals surface area (Å²) < 4.78 is 1.25. The van der Waals surface area contributed by atoms with Gasteiger partial charge in [-0.05, 0) is 6.07 Å². The number of H-pyrrole nitrogens is 1. The van der Waals surface area contributed by atoms with Crippen LogP contribution in [0.25, 0.3) is 5.52 Å². The fraction of sp³-hybridized carbons (Fsp3) is 0. The van der Waals surface area contributed by atoms with E-state index in [0.717, 1.165) is 0 Å². The Kier molecular flexibility index (Phi) is 1.00. The number of nitrogens with one attached hydrogen (secondary N) is 1. The van der Waals surface area contributed by atoms with Gasteiger partial charge in [-0.3, -0.25) is 4.98 Å². The summed E-state index contributed by atoms with van der Waals surface area (Å²) in [6.07, 6.45) is 1.55. The first-order chi connectivity index (χ1) is 5.27. The van der Waals surface area contributed by atoms with E-state index in [2.05, 4.69) is 10.1 Å². The molecule has 0 spiro atoms. The number of hydrogen-bond donors (Lipinski definition) is 2. The van der Waals surface area contributed by atoms with E-state index < -0.39 is 0 Å². The molecule has 5 nitrogen and oxygen atoms in total. The Hall–Kier alpha value is -1.78. The number of nitrogens with two attached hydrogens (primary N) is 1. The van der Waals surface area contributed by atoms with Crippen molar-refractivity contribution < 1.29 is 0 Å². The van der Waals surface area contributed by atoms with Crippen molar-refractivity contribution in [3.05, 3.63) is 28.8 Å². The van der Waals surface area contributed by atoms with Gasteiger partial charge >= 0.3 is 5.69 Å². The quantitative estimate of drug-likeness (QED) is 0.536. The van der Waals surface area contributed by atoms with E-state index in [9.17, 15) is 4.79 Å². The summed E-state index contributed by atoms with van der Waals surface area (Å²) in [6.45, 7) is 0. The normalized spacial score (nSPS) is 10.5. The van der Waals surface area contributed by atoms with Crippen LogP contribution < -0.4 is 11.4 Å². The molecule has 0 saturated heterocycles. The zero-order valence-corrected chi connectivity index (χ0v) is 5.61. The highest BCUT2D eigenvalue weighted by atomic mass is 16.1. The molecule has 0 aromatic carbocycles. The topological polar surface area (TPSA) is 76.2 Å². The molecule has 0 saturated carbocycles. The van der Waals surface area contributed by atoms with Crippen LogP contribution in [0.3, 0.4) is 0 Å². The predicted octanol–water partition coefficient (Wildman–Crippen LogP) is -0.395. The minimum atomic E-state index is -0.315. The molecule has 2 heterocycles. The summed E-state index contributed by atoms with van der Waals surface area (Å²) in [5.41, 5.74) is 5.77. The summed E-state index contributed by atoms with van der Waals surface area (Å²) in [4.78, 5) is 13.4. The molecular weight excluding hydrogens is 144 g/mol. The van der Waals surface area contributed by atoms with Crippen LogP contribution in [0.2, 0.25) is 0 Å². The smallest absolute Gasteiger partial charge is 0.348 e. The maximum atomic E-state index is 11.0. The van der Waals surface area contributed by atoms with Gasteiger partial charge in [0.1, 0.15) is 5.82 Å². The average Bonchev–Trinajstić information content (AvgIpc) is 2.34. The van der Waals surface area contributed by atoms with Crippen molar-refractivity contribution in [1.82, 2.24) is 14.6 Å². The van der Waals surface area contributed by atoms with Gasteiger partial charge < -0.3 is 5.73 Å². The Morgan fingerprint density at radius 1 is 1.64 bits per heavy atom. The maximum absolute atomic E-state index is 11.0. The highest BCUT2D eigenvalue weighted by Crippen LogP contribution is 1.99. The Morgan fingerprint density at radius 3 is 3.27 bits per heavy atom. The van der Waals surface area contributed by atoms with Gasteiger partial charge in [0.05, 0.1) is 11.7 Å². The number of nitrogen functional groups attached to an aromatic ring is 1. The van der Waals surface area contributed by atoms with Crippen molar-refractivity contribution in [1.29, 1.82) is 0 Å². The predicted molar refractivity (Wildman–Crippen MR) is 40.2 cm³/mol. The third-order valence-corrected chi connectivity index (χ3v) is 1.42. The molecule has 56 valence electrons. The molecule has 0 aliphatic heterocycles. The molecule has 5 heteroatoms. The summed E-state index contributed by atoms with van der Waals surface area (Å²) in [7, 11) is 0. The second kappa shape index (κ2) is 1.85. The van der Waals surface area contributed by atoms with Gasteiger partial charge in [0.15, 0.2) is 0 Å². The van der Waals surface area contributed by atoms with E-state index in [1.165, 1.54) is 4.52 Å². The lowest BCUT2D eigenvalue weighted by atomic mass is 10.4. The molecular formula is C6H6N4O. The lowest BCUT2D eigenvalue weighted by Crippen LogP contribution is -2.18. The van der Waals surface area contributed by atoms with Gasteiger partial charge in [0.25, 0.3) is 0 Å². The van der Waals surface area contributed by atoms with Crippen LogP contribution in [-0.2, 0) is 0 Å². The first-order valence-corrected chi connectivity index (χ1v) is 3.10. The van der Waals surface area contributed by atoms with Gasteiger partial charge in [-0.15, -0.1) is 0 Å². The molecule has 11 heavy (non-hydrogen) atoms. The standard InChI is InChI=1S/C6H6N4O/c7-5-3-4-1-2-8-10(4)6(11)9-5/h1-3H,7H2,(H,9,11). The first kappa shape index (κ1) is 5.96. The fourth-order valence-electron chi connectivity index (χ4n) is 0.964. The monoisotopic (exact) mass is 150 g/mol. The highest BCUT2D eigenvalue weighted by Gasteiger charge is 1.97. The molecule has 0 amide bonds. The van der Waals surface area contributed by atoms with E-state index in [4.69, 9.17) is 5.73 Å². The van der Waals surface area contributed by atoms with Crippen molar-refractivity contribution in [2.24, 2.45) is 0 Å². The van der Waals surface area contributed by atoms with Crippen LogP contribution >= 0.6 is 0 Å². The van der Waals surface area contributed by atoms with Crippen molar-refractivity contribution in [3.63, 3.8) is 0 Å². The number of rotatable bonds is 0. The molecule has 0 radical (unpaired) electrons. The summed E-state index contributed by atoms with van der Waals surface area (Å²) in [5, 5.41) is 3.78. The largest absolute Gasteiger partial charge is 0.385 e. The molecule has 2 aromatic rings. The number of aromatic nitrogens is 3. The number of fused-ring (bicyclic) bond motifs is 1. The number of nitrogens with zero attached hydrogens (tertiary/aromatic N) is 2.